The fraction of sp³-hybridized carbons (Fsp3) is 0.500. The van der Waals surface area contributed by atoms with Gasteiger partial charge in [0.2, 0.25) is 0 Å². The molecule has 1 aliphatic heterocycles. The Labute approximate surface area is 114 Å². The van der Waals surface area contributed by atoms with E-state index in [2.05, 4.69) is 17.5 Å². The molecular weight excluding hydrogens is 234 g/mol. The van der Waals surface area contributed by atoms with Gasteiger partial charge in [-0.05, 0) is 43.8 Å². The molecule has 1 aliphatic rings. The van der Waals surface area contributed by atoms with Crippen molar-refractivity contribution in [3.8, 4) is 12.1 Å². The second-order valence-electron chi connectivity index (χ2n) is 5.13. The Morgan fingerprint density at radius 1 is 1.16 bits per heavy atom. The van der Waals surface area contributed by atoms with Gasteiger partial charge in [-0.1, -0.05) is 30.3 Å². The van der Waals surface area contributed by atoms with Gasteiger partial charge < -0.3 is 5.32 Å². The molecule has 0 bridgehead atoms. The topological polar surface area (TPSA) is 59.6 Å². The van der Waals surface area contributed by atoms with Crippen LogP contribution in [0.4, 0.5) is 0 Å². The Hall–Kier alpha value is -1.84. The number of nitriles is 2. The molecule has 0 aromatic heterocycles. The third-order valence-corrected chi connectivity index (χ3v) is 4.16. The van der Waals surface area contributed by atoms with E-state index in [1.165, 1.54) is 0 Å². The van der Waals surface area contributed by atoms with Gasteiger partial charge >= 0.3 is 0 Å². The maximum atomic E-state index is 9.83. The van der Waals surface area contributed by atoms with E-state index in [-0.39, 0.29) is 0 Å². The first-order valence-corrected chi connectivity index (χ1v) is 6.88. The molecule has 1 aromatic carbocycles. The Morgan fingerprint density at radius 2 is 1.84 bits per heavy atom. The minimum Gasteiger partial charge on any atom is -0.317 e. The first-order valence-electron chi connectivity index (χ1n) is 6.88. The fourth-order valence-corrected chi connectivity index (χ4v) is 3.10. The number of benzene rings is 1. The normalized spacial score (nSPS) is 19.1. The molecule has 98 valence electrons. The number of rotatable bonds is 4. The maximum absolute atomic E-state index is 9.83. The lowest BCUT2D eigenvalue weighted by molar-refractivity contribution is 0.251. The molecule has 1 fully saturated rings. The van der Waals surface area contributed by atoms with Crippen molar-refractivity contribution in [2.24, 2.45) is 5.92 Å². The number of nitrogens with one attached hydrogen (secondary N) is 1. The van der Waals surface area contributed by atoms with Gasteiger partial charge in [-0.25, -0.2) is 0 Å². The van der Waals surface area contributed by atoms with Crippen molar-refractivity contribution >= 4 is 0 Å². The van der Waals surface area contributed by atoms with E-state index in [1.807, 2.05) is 30.3 Å². The molecule has 0 aliphatic carbocycles. The Kier molecular flexibility index (Phi) is 4.55. The molecule has 1 atom stereocenters. The molecule has 0 saturated carbocycles. The second-order valence-corrected chi connectivity index (χ2v) is 5.13. The van der Waals surface area contributed by atoms with Crippen molar-refractivity contribution in [1.82, 2.24) is 5.32 Å². The predicted octanol–water partition coefficient (Wildman–Crippen LogP) is 2.75. The van der Waals surface area contributed by atoms with E-state index in [0.717, 1.165) is 31.5 Å². The SMILES string of the molecule is N#CCCC(C#N)(c1ccccc1)C1CCNCC1. The van der Waals surface area contributed by atoms with Crippen LogP contribution in [0.15, 0.2) is 30.3 Å². The standard InChI is InChI=1S/C16H19N3/c17-10-4-9-16(13-18,14-5-2-1-3-6-14)15-7-11-19-12-8-15/h1-3,5-6,15,19H,4,7-9,11-12H2. The predicted molar refractivity (Wildman–Crippen MR) is 74.2 cm³/mol. The zero-order valence-electron chi connectivity index (χ0n) is 11.1. The van der Waals surface area contributed by atoms with Gasteiger partial charge in [0, 0.05) is 6.42 Å². The van der Waals surface area contributed by atoms with E-state index in [4.69, 9.17) is 5.26 Å². The average molecular weight is 253 g/mol. The molecule has 0 spiro atoms. The maximum Gasteiger partial charge on any atom is 0.0861 e. The summed E-state index contributed by atoms with van der Waals surface area (Å²) in [5.74, 6) is 0.342. The van der Waals surface area contributed by atoms with Crippen LogP contribution >= 0.6 is 0 Å². The number of hydrogen-bond donors (Lipinski definition) is 1. The molecule has 19 heavy (non-hydrogen) atoms. The lowest BCUT2D eigenvalue weighted by Crippen LogP contribution is -2.41. The van der Waals surface area contributed by atoms with Gasteiger partial charge in [0.15, 0.2) is 0 Å². The monoisotopic (exact) mass is 253 g/mol. The summed E-state index contributed by atoms with van der Waals surface area (Å²) in [5, 5.41) is 22.1. The van der Waals surface area contributed by atoms with Crippen LogP contribution in [0.3, 0.4) is 0 Å². The van der Waals surface area contributed by atoms with E-state index in [9.17, 15) is 5.26 Å². The Balaban J connectivity index is 2.36. The molecule has 1 aromatic rings. The van der Waals surface area contributed by atoms with Gasteiger partial charge in [-0.3, -0.25) is 0 Å². The van der Waals surface area contributed by atoms with Gasteiger partial charge in [-0.15, -0.1) is 0 Å². The van der Waals surface area contributed by atoms with E-state index >= 15 is 0 Å². The smallest absolute Gasteiger partial charge is 0.0861 e. The van der Waals surface area contributed by atoms with Crippen LogP contribution in [0.25, 0.3) is 0 Å². The molecule has 0 radical (unpaired) electrons. The zero-order chi connectivity index (χ0) is 13.6. The number of nitrogens with zero attached hydrogens (tertiary/aromatic N) is 2. The van der Waals surface area contributed by atoms with Crippen LogP contribution in [0, 0.1) is 28.6 Å². The Bertz CT molecular complexity index is 477. The van der Waals surface area contributed by atoms with Gasteiger partial charge in [-0.2, -0.15) is 10.5 Å². The second kappa shape index (κ2) is 6.36. The molecule has 1 N–H and O–H groups in total. The highest BCUT2D eigenvalue weighted by atomic mass is 14.9. The summed E-state index contributed by atoms with van der Waals surface area (Å²) in [6, 6.07) is 14.8. The molecule has 3 nitrogen and oxygen atoms in total. The summed E-state index contributed by atoms with van der Waals surface area (Å²) >= 11 is 0. The largest absolute Gasteiger partial charge is 0.317 e. The molecule has 1 saturated heterocycles. The lowest BCUT2D eigenvalue weighted by atomic mass is 9.65. The molecular formula is C16H19N3. The minimum absolute atomic E-state index is 0.342. The molecule has 1 heterocycles. The quantitative estimate of drug-likeness (QED) is 0.897. The third kappa shape index (κ3) is 2.78. The molecule has 3 heteroatoms. The zero-order valence-corrected chi connectivity index (χ0v) is 11.1. The summed E-state index contributed by atoms with van der Waals surface area (Å²) in [5.41, 5.74) is 0.568. The summed E-state index contributed by atoms with van der Waals surface area (Å²) in [4.78, 5) is 0. The van der Waals surface area contributed by atoms with Crippen molar-refractivity contribution < 1.29 is 0 Å². The first-order chi connectivity index (χ1) is 9.33. The number of hydrogen-bond acceptors (Lipinski definition) is 3. The van der Waals surface area contributed by atoms with Crippen LogP contribution < -0.4 is 5.32 Å². The van der Waals surface area contributed by atoms with Gasteiger partial charge in [0.25, 0.3) is 0 Å². The van der Waals surface area contributed by atoms with E-state index in [1.54, 1.807) is 0 Å². The molecule has 0 amide bonds. The number of piperidine rings is 1. The highest BCUT2D eigenvalue weighted by Gasteiger charge is 2.40. The van der Waals surface area contributed by atoms with Crippen molar-refractivity contribution in [2.45, 2.75) is 31.1 Å². The van der Waals surface area contributed by atoms with Crippen LogP contribution in [0.2, 0.25) is 0 Å². The summed E-state index contributed by atoms with van der Waals surface area (Å²) in [6.45, 7) is 1.93. The highest BCUT2D eigenvalue weighted by Crippen LogP contribution is 2.40. The average Bonchev–Trinajstić information content (AvgIpc) is 2.51. The van der Waals surface area contributed by atoms with Gasteiger partial charge in [0.05, 0.1) is 17.6 Å². The van der Waals surface area contributed by atoms with E-state index < -0.39 is 5.41 Å². The van der Waals surface area contributed by atoms with Gasteiger partial charge in [0.1, 0.15) is 0 Å². The highest BCUT2D eigenvalue weighted by molar-refractivity contribution is 5.34. The molecule has 2 rings (SSSR count). The third-order valence-electron chi connectivity index (χ3n) is 4.16. The minimum atomic E-state index is -0.501. The first kappa shape index (κ1) is 13.6. The van der Waals surface area contributed by atoms with Crippen LogP contribution in [-0.2, 0) is 5.41 Å². The fourth-order valence-electron chi connectivity index (χ4n) is 3.10. The van der Waals surface area contributed by atoms with Crippen LogP contribution in [-0.4, -0.2) is 13.1 Å². The van der Waals surface area contributed by atoms with Crippen LogP contribution in [0.1, 0.15) is 31.2 Å². The van der Waals surface area contributed by atoms with Crippen molar-refractivity contribution in [3.63, 3.8) is 0 Å². The molecule has 1 unspecified atom stereocenters. The van der Waals surface area contributed by atoms with Crippen LogP contribution in [0.5, 0.6) is 0 Å². The summed E-state index contributed by atoms with van der Waals surface area (Å²) in [6.07, 6.45) is 3.09. The Morgan fingerprint density at radius 3 is 2.42 bits per heavy atom. The van der Waals surface area contributed by atoms with Crippen molar-refractivity contribution in [2.75, 3.05) is 13.1 Å². The summed E-state index contributed by atoms with van der Waals surface area (Å²) in [7, 11) is 0. The van der Waals surface area contributed by atoms with Crippen molar-refractivity contribution in [3.05, 3.63) is 35.9 Å². The lowest BCUT2D eigenvalue weighted by Gasteiger charge is -2.37. The summed E-state index contributed by atoms with van der Waals surface area (Å²) < 4.78 is 0. The van der Waals surface area contributed by atoms with E-state index in [0.29, 0.717) is 18.8 Å². The van der Waals surface area contributed by atoms with Crippen molar-refractivity contribution in [1.29, 1.82) is 10.5 Å².